The lowest BCUT2D eigenvalue weighted by Gasteiger charge is -2.20. The maximum Gasteiger partial charge on any atom is 0.261 e. The van der Waals surface area contributed by atoms with Crippen LogP contribution in [0.2, 0.25) is 5.02 Å². The summed E-state index contributed by atoms with van der Waals surface area (Å²) < 4.78 is 11.1. The van der Waals surface area contributed by atoms with E-state index in [0.717, 1.165) is 11.1 Å². The average Bonchev–Trinajstić information content (AvgIpc) is 3.01. The summed E-state index contributed by atoms with van der Waals surface area (Å²) >= 11 is 7.53. The molecular weight excluding hydrogens is 412 g/mol. The molecule has 3 rings (SSSR count). The monoisotopic (exact) mass is 436 g/mol. The third-order valence-electron chi connectivity index (χ3n) is 4.40. The van der Waals surface area contributed by atoms with Crippen LogP contribution in [0.25, 0.3) is 0 Å². The highest BCUT2D eigenvalue weighted by molar-refractivity contribution is 7.18. The Hall–Kier alpha value is -2.25. The number of aryl methyl sites for hydroxylation is 1. The fraction of sp³-hybridized carbons (Fsp3) is 0.429. The molecule has 0 atom stereocenters. The van der Waals surface area contributed by atoms with Crippen molar-refractivity contribution in [2.24, 2.45) is 5.41 Å². The van der Waals surface area contributed by atoms with E-state index in [4.69, 9.17) is 21.1 Å². The number of nitrogens with one attached hydrogen (secondary N) is 2. The van der Waals surface area contributed by atoms with Gasteiger partial charge in [0, 0.05) is 12.0 Å². The standard InChI is InChI=1S/C21H25ClN2O4S/c1-12-9-16(24-20(26)21(2,3)4)29-18(12)19(25)23-6-5-13-10-14(22)17-15(11-13)27-7-8-28-17/h9-11H,5-8H2,1-4H3,(H,23,25)(H,24,26). The minimum atomic E-state index is -0.495. The number of anilines is 1. The van der Waals surface area contributed by atoms with E-state index in [1.165, 1.54) is 11.3 Å². The van der Waals surface area contributed by atoms with Gasteiger partial charge >= 0.3 is 0 Å². The van der Waals surface area contributed by atoms with Crippen LogP contribution in [-0.4, -0.2) is 31.6 Å². The van der Waals surface area contributed by atoms with Crippen molar-refractivity contribution in [3.8, 4) is 11.5 Å². The largest absolute Gasteiger partial charge is 0.486 e. The van der Waals surface area contributed by atoms with Crippen molar-refractivity contribution in [1.29, 1.82) is 0 Å². The molecule has 1 aromatic heterocycles. The molecule has 0 unspecified atom stereocenters. The van der Waals surface area contributed by atoms with Crippen LogP contribution in [-0.2, 0) is 11.2 Å². The van der Waals surface area contributed by atoms with Crippen LogP contribution in [0.1, 0.15) is 41.6 Å². The summed E-state index contributed by atoms with van der Waals surface area (Å²) in [5.74, 6) is 0.969. The fourth-order valence-electron chi connectivity index (χ4n) is 2.78. The molecule has 8 heteroatoms. The van der Waals surface area contributed by atoms with E-state index in [2.05, 4.69) is 10.6 Å². The van der Waals surface area contributed by atoms with Gasteiger partial charge in [-0.3, -0.25) is 9.59 Å². The molecule has 0 radical (unpaired) electrons. The lowest BCUT2D eigenvalue weighted by molar-refractivity contribution is -0.123. The molecule has 2 N–H and O–H groups in total. The molecule has 6 nitrogen and oxygen atoms in total. The van der Waals surface area contributed by atoms with Crippen molar-refractivity contribution < 1.29 is 19.1 Å². The minimum absolute atomic E-state index is 0.0822. The third-order valence-corrected chi connectivity index (χ3v) is 5.83. The van der Waals surface area contributed by atoms with Crippen molar-refractivity contribution in [2.75, 3.05) is 25.1 Å². The van der Waals surface area contributed by atoms with Gasteiger partial charge in [-0.15, -0.1) is 11.3 Å². The van der Waals surface area contributed by atoms with Gasteiger partial charge in [0.05, 0.1) is 14.9 Å². The highest BCUT2D eigenvalue weighted by atomic mass is 35.5. The Morgan fingerprint density at radius 1 is 1.17 bits per heavy atom. The van der Waals surface area contributed by atoms with Gasteiger partial charge in [-0.05, 0) is 42.7 Å². The van der Waals surface area contributed by atoms with Crippen molar-refractivity contribution in [3.05, 3.63) is 39.2 Å². The molecule has 29 heavy (non-hydrogen) atoms. The molecule has 1 aromatic carbocycles. The number of hydrogen-bond acceptors (Lipinski definition) is 5. The fourth-order valence-corrected chi connectivity index (χ4v) is 4.05. The highest BCUT2D eigenvalue weighted by Gasteiger charge is 2.23. The van der Waals surface area contributed by atoms with Gasteiger partial charge in [-0.25, -0.2) is 0 Å². The van der Waals surface area contributed by atoms with E-state index >= 15 is 0 Å². The van der Waals surface area contributed by atoms with E-state index in [1.54, 1.807) is 0 Å². The normalized spacial score (nSPS) is 13.1. The van der Waals surface area contributed by atoms with Gasteiger partial charge in [0.2, 0.25) is 5.91 Å². The number of benzene rings is 1. The Bertz CT molecular complexity index is 933. The van der Waals surface area contributed by atoms with Crippen LogP contribution >= 0.6 is 22.9 Å². The summed E-state index contributed by atoms with van der Waals surface area (Å²) in [5, 5.41) is 6.99. The molecule has 0 saturated carbocycles. The number of thiophene rings is 1. The lowest BCUT2D eigenvalue weighted by atomic mass is 9.96. The van der Waals surface area contributed by atoms with E-state index in [-0.39, 0.29) is 11.8 Å². The molecule has 2 amide bonds. The third kappa shape index (κ3) is 5.22. The average molecular weight is 437 g/mol. The van der Waals surface area contributed by atoms with Crippen LogP contribution in [0.5, 0.6) is 11.5 Å². The molecule has 0 aliphatic carbocycles. The molecule has 156 valence electrons. The van der Waals surface area contributed by atoms with Gasteiger partial charge in [0.1, 0.15) is 13.2 Å². The second-order valence-electron chi connectivity index (χ2n) is 7.93. The van der Waals surface area contributed by atoms with Crippen molar-refractivity contribution in [1.82, 2.24) is 5.32 Å². The Morgan fingerprint density at radius 2 is 1.90 bits per heavy atom. The number of amides is 2. The molecular formula is C21H25ClN2O4S. The van der Waals surface area contributed by atoms with Crippen LogP contribution in [0.4, 0.5) is 5.00 Å². The number of ether oxygens (including phenoxy) is 2. The summed E-state index contributed by atoms with van der Waals surface area (Å²) in [5.41, 5.74) is 1.30. The zero-order chi connectivity index (χ0) is 21.2. The maximum atomic E-state index is 12.6. The number of halogens is 1. The highest BCUT2D eigenvalue weighted by Crippen LogP contribution is 2.38. The summed E-state index contributed by atoms with van der Waals surface area (Å²) in [7, 11) is 0. The van der Waals surface area contributed by atoms with Crippen molar-refractivity contribution in [3.63, 3.8) is 0 Å². The Kier molecular flexibility index (Phi) is 6.39. The van der Waals surface area contributed by atoms with Gasteiger partial charge in [-0.2, -0.15) is 0 Å². The molecule has 0 bridgehead atoms. The van der Waals surface area contributed by atoms with Gasteiger partial charge in [0.25, 0.3) is 5.91 Å². The maximum absolute atomic E-state index is 12.6. The Balaban J connectivity index is 1.59. The topological polar surface area (TPSA) is 76.7 Å². The first kappa shape index (κ1) is 21.5. The van der Waals surface area contributed by atoms with E-state index in [9.17, 15) is 9.59 Å². The van der Waals surface area contributed by atoms with Crippen LogP contribution < -0.4 is 20.1 Å². The first-order valence-electron chi connectivity index (χ1n) is 9.43. The Labute approximate surface area is 179 Å². The minimum Gasteiger partial charge on any atom is -0.486 e. The van der Waals surface area contributed by atoms with Crippen molar-refractivity contribution >= 4 is 39.8 Å². The molecule has 0 fully saturated rings. The van der Waals surface area contributed by atoms with E-state index < -0.39 is 5.41 Å². The zero-order valence-corrected chi connectivity index (χ0v) is 18.6. The summed E-state index contributed by atoms with van der Waals surface area (Å²) in [4.78, 5) is 25.3. The number of rotatable bonds is 5. The zero-order valence-electron chi connectivity index (χ0n) is 17.0. The molecule has 1 aliphatic heterocycles. The van der Waals surface area contributed by atoms with Crippen LogP contribution in [0, 0.1) is 12.3 Å². The molecule has 0 saturated heterocycles. The number of carbonyl (C=O) groups excluding carboxylic acids is 2. The summed E-state index contributed by atoms with van der Waals surface area (Å²) in [6, 6.07) is 5.55. The quantitative estimate of drug-likeness (QED) is 0.726. The summed E-state index contributed by atoms with van der Waals surface area (Å²) in [6.45, 7) is 8.84. The molecule has 2 aromatic rings. The first-order chi connectivity index (χ1) is 13.6. The molecule has 2 heterocycles. The second-order valence-corrected chi connectivity index (χ2v) is 9.39. The number of fused-ring (bicyclic) bond motifs is 1. The van der Waals surface area contributed by atoms with E-state index in [1.807, 2.05) is 45.9 Å². The van der Waals surface area contributed by atoms with Gasteiger partial charge in [0.15, 0.2) is 11.5 Å². The summed E-state index contributed by atoms with van der Waals surface area (Å²) in [6.07, 6.45) is 0.611. The molecule has 0 spiro atoms. The smallest absolute Gasteiger partial charge is 0.261 e. The van der Waals surface area contributed by atoms with Gasteiger partial charge < -0.3 is 20.1 Å². The number of carbonyl (C=O) groups is 2. The lowest BCUT2D eigenvalue weighted by Crippen LogP contribution is -2.27. The van der Waals surface area contributed by atoms with Crippen LogP contribution in [0.15, 0.2) is 18.2 Å². The van der Waals surface area contributed by atoms with Crippen molar-refractivity contribution in [2.45, 2.75) is 34.1 Å². The Morgan fingerprint density at radius 3 is 2.62 bits per heavy atom. The first-order valence-corrected chi connectivity index (χ1v) is 10.6. The van der Waals surface area contributed by atoms with Crippen LogP contribution in [0.3, 0.4) is 0 Å². The second kappa shape index (κ2) is 8.63. The predicted molar refractivity (Wildman–Crippen MR) is 116 cm³/mol. The van der Waals surface area contributed by atoms with Gasteiger partial charge in [-0.1, -0.05) is 32.4 Å². The molecule has 1 aliphatic rings. The van der Waals surface area contributed by atoms with E-state index in [0.29, 0.717) is 52.6 Å². The SMILES string of the molecule is Cc1cc(NC(=O)C(C)(C)C)sc1C(=O)NCCc1cc(Cl)c2c(c1)OCCO2. The predicted octanol–water partition coefficient (Wildman–Crippen LogP) is 4.44. The number of hydrogen-bond donors (Lipinski definition) is 2.